The quantitative estimate of drug-likeness (QED) is 0.280. The largest absolute Gasteiger partial charge is 1.00 e. The number of nitrogens with one attached hydrogen (secondary N) is 3. The topological polar surface area (TPSA) is 135 Å². The summed E-state index contributed by atoms with van der Waals surface area (Å²) in [4.78, 5) is 45.7. The number of benzene rings is 1. The summed E-state index contributed by atoms with van der Waals surface area (Å²) in [6, 6.07) is 3.32. The molecular formula is C11H13BrClN3O5P-. The predicted molar refractivity (Wildman–Crippen MR) is 81.2 cm³/mol. The number of fused-ring (bicyclic) bond motifs is 1. The fraction of sp³-hybridized carbons (Fsp3) is 0.273. The van der Waals surface area contributed by atoms with Crippen LogP contribution in [0.4, 0.5) is 0 Å². The second-order valence-corrected chi connectivity index (χ2v) is 7.41. The van der Waals surface area contributed by atoms with Crippen molar-refractivity contribution in [3.05, 3.63) is 42.9 Å². The molecule has 0 unspecified atom stereocenters. The Morgan fingerprint density at radius 1 is 1.27 bits per heavy atom. The fourth-order valence-corrected chi connectivity index (χ4v) is 2.61. The lowest BCUT2D eigenvalue weighted by Gasteiger charge is -2.16. The molecule has 0 aliphatic carbocycles. The molecule has 2 rings (SSSR count). The van der Waals surface area contributed by atoms with Gasteiger partial charge >= 0.3 is 18.7 Å². The molecule has 0 fully saturated rings. The molecule has 0 aliphatic rings. The zero-order valence-corrected chi connectivity index (χ0v) is 14.5. The smallest absolute Gasteiger partial charge is 0.342 e. The van der Waals surface area contributed by atoms with Crippen molar-refractivity contribution >= 4 is 34.6 Å². The Morgan fingerprint density at radius 3 is 2.45 bits per heavy atom. The molecule has 122 valence electrons. The van der Waals surface area contributed by atoms with Gasteiger partial charge in [0.25, 0.3) is 0 Å². The van der Waals surface area contributed by atoms with E-state index < -0.39 is 24.5 Å². The van der Waals surface area contributed by atoms with Crippen LogP contribution >= 0.6 is 23.5 Å². The van der Waals surface area contributed by atoms with Crippen LogP contribution in [0.25, 0.3) is 11.0 Å². The lowest BCUT2D eigenvalue weighted by atomic mass is 10.1. The van der Waals surface area contributed by atoms with Gasteiger partial charge in [-0.05, 0) is 24.6 Å². The first-order chi connectivity index (χ1) is 9.68. The number of H-pyrrole nitrogens is 2. The summed E-state index contributed by atoms with van der Waals surface area (Å²) < 4.78 is 11.8. The first kappa shape index (κ1) is 19.1. The highest BCUT2D eigenvalue weighted by atomic mass is 79.9. The minimum absolute atomic E-state index is 0. The van der Waals surface area contributed by atoms with Crippen molar-refractivity contribution in [2.24, 2.45) is 0 Å². The third-order valence-corrected chi connectivity index (χ3v) is 4.62. The van der Waals surface area contributed by atoms with E-state index in [9.17, 15) is 14.2 Å². The number of halogens is 2. The molecule has 1 aromatic heterocycles. The Kier molecular flexibility index (Phi) is 6.14. The molecule has 5 N–H and O–H groups in total. The molecule has 0 spiro atoms. The maximum absolute atomic E-state index is 11.4. The Hall–Kier alpha value is -0.960. The van der Waals surface area contributed by atoms with Crippen LogP contribution in [0.3, 0.4) is 0 Å². The summed E-state index contributed by atoms with van der Waals surface area (Å²) in [5.41, 5.74) is -0.118. The predicted octanol–water partition coefficient (Wildman–Crippen LogP) is -2.40. The third kappa shape index (κ3) is 4.28. The second-order valence-electron chi connectivity index (χ2n) is 4.54. The Balaban J connectivity index is 0.00000242. The summed E-state index contributed by atoms with van der Waals surface area (Å²) in [6.07, 6.45) is 0. The van der Waals surface area contributed by atoms with Crippen LogP contribution < -0.4 is 28.8 Å². The van der Waals surface area contributed by atoms with Crippen LogP contribution in [0.15, 0.2) is 26.2 Å². The van der Waals surface area contributed by atoms with Crippen molar-refractivity contribution in [2.45, 2.75) is 19.3 Å². The third-order valence-electron chi connectivity index (χ3n) is 2.97. The fourth-order valence-electron chi connectivity index (χ4n) is 1.77. The number of hydrogen-bond donors (Lipinski definition) is 5. The molecule has 11 heteroatoms. The van der Waals surface area contributed by atoms with Crippen molar-refractivity contribution < 1.29 is 26.8 Å². The molecule has 1 heterocycles. The molecule has 8 nitrogen and oxygen atoms in total. The van der Waals surface area contributed by atoms with E-state index >= 15 is 0 Å². The van der Waals surface area contributed by atoms with Crippen LogP contribution in [0.1, 0.15) is 12.5 Å². The van der Waals surface area contributed by atoms with E-state index in [2.05, 4.69) is 31.2 Å². The van der Waals surface area contributed by atoms with Crippen LogP contribution in [0.2, 0.25) is 0 Å². The first-order valence-electron chi connectivity index (χ1n) is 5.92. The van der Waals surface area contributed by atoms with Gasteiger partial charge in [-0.15, -0.1) is 0 Å². The van der Waals surface area contributed by atoms with Crippen LogP contribution in [-0.4, -0.2) is 25.5 Å². The van der Waals surface area contributed by atoms with Crippen molar-refractivity contribution in [1.29, 1.82) is 0 Å². The molecule has 22 heavy (non-hydrogen) atoms. The van der Waals surface area contributed by atoms with E-state index in [-0.39, 0.29) is 19.0 Å². The molecule has 0 aliphatic heterocycles. The molecule has 0 amide bonds. The minimum atomic E-state index is -4.24. The van der Waals surface area contributed by atoms with Gasteiger partial charge in [0.1, 0.15) is 5.78 Å². The highest BCUT2D eigenvalue weighted by molar-refractivity contribution is 9.10. The second kappa shape index (κ2) is 7.08. The highest BCUT2D eigenvalue weighted by Crippen LogP contribution is 2.39. The van der Waals surface area contributed by atoms with E-state index in [0.717, 1.165) is 0 Å². The van der Waals surface area contributed by atoms with E-state index in [4.69, 9.17) is 9.79 Å². The summed E-state index contributed by atoms with van der Waals surface area (Å²) in [6.45, 7) is 1.48. The number of aromatic amines is 2. The summed E-state index contributed by atoms with van der Waals surface area (Å²) in [5.74, 6) is -1.03. The van der Waals surface area contributed by atoms with Gasteiger partial charge in [0.2, 0.25) is 0 Å². The molecule has 0 radical (unpaired) electrons. The van der Waals surface area contributed by atoms with E-state index in [1.807, 2.05) is 0 Å². The van der Waals surface area contributed by atoms with Gasteiger partial charge in [0.05, 0.1) is 11.0 Å². The normalized spacial score (nSPS) is 12.9. The molecule has 1 atom stereocenters. The monoisotopic (exact) mass is 412 g/mol. The van der Waals surface area contributed by atoms with Crippen LogP contribution in [-0.2, 0) is 11.1 Å². The molecule has 0 bridgehead atoms. The van der Waals surface area contributed by atoms with Gasteiger partial charge in [-0.2, -0.15) is 0 Å². The lowest BCUT2D eigenvalue weighted by molar-refractivity contribution is -0.00000954. The minimum Gasteiger partial charge on any atom is -1.00 e. The number of aromatic nitrogens is 2. The maximum Gasteiger partial charge on any atom is 0.342 e. The summed E-state index contributed by atoms with van der Waals surface area (Å²) in [5, 5.41) is 2.69. The van der Waals surface area contributed by atoms with Gasteiger partial charge in [0, 0.05) is 11.0 Å². The van der Waals surface area contributed by atoms with Gasteiger partial charge in [-0.3, -0.25) is 19.5 Å². The van der Waals surface area contributed by atoms with Gasteiger partial charge < -0.3 is 32.2 Å². The zero-order valence-electron chi connectivity index (χ0n) is 11.3. The van der Waals surface area contributed by atoms with E-state index in [0.29, 0.717) is 21.1 Å². The van der Waals surface area contributed by atoms with Gasteiger partial charge in [-0.1, -0.05) is 15.9 Å². The van der Waals surface area contributed by atoms with Crippen molar-refractivity contribution in [1.82, 2.24) is 15.3 Å². The maximum atomic E-state index is 11.4. The molecule has 0 saturated carbocycles. The Morgan fingerprint density at radius 2 is 1.86 bits per heavy atom. The summed E-state index contributed by atoms with van der Waals surface area (Å²) >= 11 is 3.28. The molecule has 0 saturated heterocycles. The van der Waals surface area contributed by atoms with E-state index in [1.54, 1.807) is 12.1 Å². The molecular weight excluding hydrogens is 400 g/mol. The summed E-state index contributed by atoms with van der Waals surface area (Å²) in [7, 11) is -4.24. The molecule has 2 aromatic rings. The first-order valence-corrected chi connectivity index (χ1v) is 8.39. The van der Waals surface area contributed by atoms with Crippen molar-refractivity contribution in [3.63, 3.8) is 0 Å². The van der Waals surface area contributed by atoms with Crippen LogP contribution in [0, 0.1) is 0 Å². The van der Waals surface area contributed by atoms with Crippen molar-refractivity contribution in [2.75, 3.05) is 0 Å². The Labute approximate surface area is 139 Å². The van der Waals surface area contributed by atoms with Crippen LogP contribution in [0.5, 0.6) is 0 Å². The zero-order chi connectivity index (χ0) is 15.8. The SMILES string of the molecule is C[C@@H](NCc1cc(Br)cc2[nH]c(=O)c(=O)[nH]c12)P(=O)(O)O.[Cl-]. The van der Waals surface area contributed by atoms with Crippen molar-refractivity contribution in [3.8, 4) is 0 Å². The average Bonchev–Trinajstić information content (AvgIpc) is 2.36. The Bertz CT molecular complexity index is 846. The standard InChI is InChI=1S/C11H13BrN3O5P.ClH/c1-5(21(18,19)20)13-4-6-2-7(12)3-8-9(6)15-11(17)10(16)14-8;/h2-3,5,13H,4H2,1H3,(H,14,16)(H,15,17)(H2,18,19,20);1H/p-1/t5-;/m0./s1. The molecule has 1 aromatic carbocycles. The van der Waals surface area contributed by atoms with Gasteiger partial charge in [-0.25, -0.2) is 0 Å². The highest BCUT2D eigenvalue weighted by Gasteiger charge is 2.23. The lowest BCUT2D eigenvalue weighted by Crippen LogP contribution is -3.00. The number of hydrogen-bond acceptors (Lipinski definition) is 4. The number of rotatable bonds is 4. The van der Waals surface area contributed by atoms with E-state index in [1.165, 1.54) is 6.92 Å². The van der Waals surface area contributed by atoms with Gasteiger partial charge in [0.15, 0.2) is 0 Å². The average molecular weight is 414 g/mol.